The maximum Gasteiger partial charge on any atom is 0.278 e. The number of rotatable bonds is 7. The van der Waals surface area contributed by atoms with Gasteiger partial charge in [0.15, 0.2) is 11.4 Å². The van der Waals surface area contributed by atoms with Gasteiger partial charge in [0.1, 0.15) is 0 Å². The lowest BCUT2D eigenvalue weighted by Crippen LogP contribution is -2.34. The van der Waals surface area contributed by atoms with Crippen molar-refractivity contribution in [1.29, 1.82) is 0 Å². The van der Waals surface area contributed by atoms with Gasteiger partial charge in [-0.15, -0.1) is 0 Å². The lowest BCUT2D eigenvalue weighted by atomic mass is 10.2. The molecule has 1 heterocycles. The predicted octanol–water partition coefficient (Wildman–Crippen LogP) is 3.14. The maximum atomic E-state index is 12.9. The molecule has 2 aromatic rings. The molecule has 0 radical (unpaired) electrons. The third-order valence-electron chi connectivity index (χ3n) is 4.08. The number of para-hydroxylation sites is 1. The van der Waals surface area contributed by atoms with Crippen LogP contribution in [0.4, 0.5) is 0 Å². The summed E-state index contributed by atoms with van der Waals surface area (Å²) < 4.78 is 7.09. The number of aromatic nitrogens is 2. The van der Waals surface area contributed by atoms with Crippen LogP contribution in [-0.2, 0) is 0 Å². The lowest BCUT2D eigenvalue weighted by molar-refractivity contribution is 0.0738. The molecule has 1 amide bonds. The topological polar surface area (TPSA) is 47.4 Å². The van der Waals surface area contributed by atoms with Crippen LogP contribution in [-0.4, -0.2) is 40.8 Å². The maximum absolute atomic E-state index is 12.9. The van der Waals surface area contributed by atoms with Gasteiger partial charge in [0, 0.05) is 13.1 Å². The molecule has 1 saturated carbocycles. The van der Waals surface area contributed by atoms with Crippen LogP contribution < -0.4 is 4.74 Å². The Morgan fingerprint density at radius 1 is 1.35 bits per heavy atom. The van der Waals surface area contributed by atoms with E-state index in [0.717, 1.165) is 25.2 Å². The molecular formula is C18H23N3O2. The van der Waals surface area contributed by atoms with Crippen LogP contribution in [0.25, 0.3) is 5.69 Å². The van der Waals surface area contributed by atoms with E-state index in [-0.39, 0.29) is 5.91 Å². The summed E-state index contributed by atoms with van der Waals surface area (Å²) in [7, 11) is 1.58. The molecule has 0 N–H and O–H groups in total. The van der Waals surface area contributed by atoms with Gasteiger partial charge in [-0.3, -0.25) is 4.79 Å². The van der Waals surface area contributed by atoms with Gasteiger partial charge in [-0.05, 0) is 37.3 Å². The van der Waals surface area contributed by atoms with Gasteiger partial charge in [-0.2, -0.15) is 5.10 Å². The van der Waals surface area contributed by atoms with Crippen LogP contribution in [0.1, 0.15) is 36.7 Å². The molecule has 0 aliphatic heterocycles. The van der Waals surface area contributed by atoms with Gasteiger partial charge >= 0.3 is 0 Å². The summed E-state index contributed by atoms with van der Waals surface area (Å²) in [5, 5.41) is 4.48. The molecule has 3 rings (SSSR count). The molecule has 1 aromatic carbocycles. The molecule has 1 fully saturated rings. The molecule has 122 valence electrons. The first-order valence-corrected chi connectivity index (χ1v) is 8.21. The van der Waals surface area contributed by atoms with Crippen molar-refractivity contribution in [2.45, 2.75) is 26.2 Å². The third-order valence-corrected chi connectivity index (χ3v) is 4.08. The molecule has 5 heteroatoms. The second kappa shape index (κ2) is 6.86. The van der Waals surface area contributed by atoms with Crippen LogP contribution in [0.5, 0.6) is 5.75 Å². The molecule has 0 bridgehead atoms. The molecular weight excluding hydrogens is 290 g/mol. The number of benzene rings is 1. The molecule has 1 aliphatic rings. The molecule has 1 aromatic heterocycles. The van der Waals surface area contributed by atoms with Crippen molar-refractivity contribution in [3.8, 4) is 11.4 Å². The second-order valence-corrected chi connectivity index (χ2v) is 6.02. The summed E-state index contributed by atoms with van der Waals surface area (Å²) in [6, 6.07) is 9.75. The van der Waals surface area contributed by atoms with Gasteiger partial charge in [0.2, 0.25) is 0 Å². The Bertz CT molecular complexity index is 662. The minimum atomic E-state index is -0.0368. The largest absolute Gasteiger partial charge is 0.493 e. The van der Waals surface area contributed by atoms with E-state index in [1.807, 2.05) is 35.2 Å². The predicted molar refractivity (Wildman–Crippen MR) is 89.0 cm³/mol. The second-order valence-electron chi connectivity index (χ2n) is 6.02. The highest BCUT2D eigenvalue weighted by molar-refractivity contribution is 5.95. The summed E-state index contributed by atoms with van der Waals surface area (Å²) >= 11 is 0. The summed E-state index contributed by atoms with van der Waals surface area (Å²) in [6.07, 6.45) is 5.16. The van der Waals surface area contributed by atoms with E-state index in [0.29, 0.717) is 17.4 Å². The zero-order chi connectivity index (χ0) is 16.2. The average molecular weight is 313 g/mol. The molecule has 0 unspecified atom stereocenters. The number of nitrogens with zero attached hydrogens (tertiary/aromatic N) is 3. The molecule has 23 heavy (non-hydrogen) atoms. The van der Waals surface area contributed by atoms with Crippen LogP contribution in [0.15, 0.2) is 36.5 Å². The van der Waals surface area contributed by atoms with E-state index in [1.54, 1.807) is 18.0 Å². The van der Waals surface area contributed by atoms with Crippen molar-refractivity contribution in [3.05, 3.63) is 42.2 Å². The Hall–Kier alpha value is -2.30. The van der Waals surface area contributed by atoms with Crippen molar-refractivity contribution in [2.24, 2.45) is 5.92 Å². The summed E-state index contributed by atoms with van der Waals surface area (Å²) in [5.74, 6) is 1.15. The summed E-state index contributed by atoms with van der Waals surface area (Å²) in [4.78, 5) is 14.8. The van der Waals surface area contributed by atoms with Gasteiger partial charge < -0.3 is 9.64 Å². The van der Waals surface area contributed by atoms with Gasteiger partial charge in [-0.25, -0.2) is 4.68 Å². The van der Waals surface area contributed by atoms with E-state index < -0.39 is 0 Å². The van der Waals surface area contributed by atoms with Gasteiger partial charge in [0.05, 0.1) is 19.0 Å². The molecule has 0 spiro atoms. The van der Waals surface area contributed by atoms with Crippen molar-refractivity contribution in [2.75, 3.05) is 20.2 Å². The first-order chi connectivity index (χ1) is 11.2. The van der Waals surface area contributed by atoms with Crippen molar-refractivity contribution in [3.63, 3.8) is 0 Å². The minimum absolute atomic E-state index is 0.0368. The lowest BCUT2D eigenvalue weighted by Gasteiger charge is -2.21. The molecule has 0 saturated heterocycles. The zero-order valence-corrected chi connectivity index (χ0v) is 13.7. The van der Waals surface area contributed by atoms with E-state index in [4.69, 9.17) is 4.74 Å². The smallest absolute Gasteiger partial charge is 0.278 e. The number of amides is 1. The zero-order valence-electron chi connectivity index (χ0n) is 13.7. The fourth-order valence-electron chi connectivity index (χ4n) is 2.68. The van der Waals surface area contributed by atoms with E-state index in [9.17, 15) is 4.79 Å². The van der Waals surface area contributed by atoms with E-state index in [2.05, 4.69) is 12.0 Å². The molecule has 5 nitrogen and oxygen atoms in total. The van der Waals surface area contributed by atoms with Crippen molar-refractivity contribution in [1.82, 2.24) is 14.7 Å². The normalized spacial score (nSPS) is 13.8. The first-order valence-electron chi connectivity index (χ1n) is 8.21. The fraction of sp³-hybridized carbons (Fsp3) is 0.444. The monoisotopic (exact) mass is 313 g/mol. The fourth-order valence-corrected chi connectivity index (χ4v) is 2.68. The number of carbonyl (C=O) groups is 1. The van der Waals surface area contributed by atoms with Crippen molar-refractivity contribution < 1.29 is 9.53 Å². The van der Waals surface area contributed by atoms with Crippen LogP contribution >= 0.6 is 0 Å². The van der Waals surface area contributed by atoms with Crippen LogP contribution in [0.3, 0.4) is 0 Å². The molecule has 1 aliphatic carbocycles. The highest BCUT2D eigenvalue weighted by Gasteiger charge is 2.29. The Kier molecular flexibility index (Phi) is 4.65. The first kappa shape index (κ1) is 15.6. The van der Waals surface area contributed by atoms with E-state index in [1.165, 1.54) is 12.8 Å². The SMILES string of the molecule is CCCN(CC1CC1)C(=O)c1nn(-c2ccccc2)cc1OC. The Morgan fingerprint density at radius 3 is 2.70 bits per heavy atom. The van der Waals surface area contributed by atoms with Gasteiger partial charge in [0.25, 0.3) is 5.91 Å². The quantitative estimate of drug-likeness (QED) is 0.789. The van der Waals surface area contributed by atoms with Crippen LogP contribution in [0.2, 0.25) is 0 Å². The summed E-state index contributed by atoms with van der Waals surface area (Å²) in [6.45, 7) is 3.68. The average Bonchev–Trinajstić information content (AvgIpc) is 3.30. The summed E-state index contributed by atoms with van der Waals surface area (Å²) in [5.41, 5.74) is 1.31. The number of methoxy groups -OCH3 is 1. The standard InChI is InChI=1S/C18H23N3O2/c1-3-11-20(12-14-9-10-14)18(22)17-16(23-2)13-21(19-17)15-7-5-4-6-8-15/h4-8,13-14H,3,9-12H2,1-2H3. The highest BCUT2D eigenvalue weighted by Crippen LogP contribution is 2.31. The highest BCUT2D eigenvalue weighted by atomic mass is 16.5. The van der Waals surface area contributed by atoms with E-state index >= 15 is 0 Å². The van der Waals surface area contributed by atoms with Gasteiger partial charge in [-0.1, -0.05) is 25.1 Å². The minimum Gasteiger partial charge on any atom is -0.493 e. The molecule has 0 atom stereocenters. The van der Waals surface area contributed by atoms with Crippen LogP contribution in [0, 0.1) is 5.92 Å². The Labute approximate surface area is 136 Å². The third kappa shape index (κ3) is 3.55. The number of carbonyl (C=O) groups excluding carboxylic acids is 1. The Balaban J connectivity index is 1.87. The number of hydrogen-bond acceptors (Lipinski definition) is 3. The number of ether oxygens (including phenoxy) is 1. The number of hydrogen-bond donors (Lipinski definition) is 0. The van der Waals surface area contributed by atoms with Crippen molar-refractivity contribution >= 4 is 5.91 Å². The Morgan fingerprint density at radius 2 is 2.09 bits per heavy atom.